The van der Waals surface area contributed by atoms with Gasteiger partial charge < -0.3 is 14.7 Å². The predicted molar refractivity (Wildman–Crippen MR) is 137 cm³/mol. The summed E-state index contributed by atoms with van der Waals surface area (Å²) < 4.78 is 0. The number of halogens is 1. The van der Waals surface area contributed by atoms with E-state index in [0.29, 0.717) is 22.8 Å². The second kappa shape index (κ2) is 10.3. The zero-order chi connectivity index (χ0) is 24.4. The number of hydrogen-bond acceptors (Lipinski definition) is 4. The maximum atomic E-state index is 13.7. The van der Waals surface area contributed by atoms with Gasteiger partial charge in [0.05, 0.1) is 10.6 Å². The summed E-state index contributed by atoms with van der Waals surface area (Å²) in [5.41, 5.74) is 2.90. The molecule has 2 aromatic carbocycles. The summed E-state index contributed by atoms with van der Waals surface area (Å²) in [6.45, 7) is 3.66. The van der Waals surface area contributed by atoms with Crippen LogP contribution >= 0.6 is 11.6 Å². The quantitative estimate of drug-likeness (QED) is 0.645. The Morgan fingerprint density at radius 1 is 0.857 bits per heavy atom. The lowest BCUT2D eigenvalue weighted by molar-refractivity contribution is -0.140. The first-order valence-electron chi connectivity index (χ1n) is 12.5. The largest absolute Gasteiger partial charge is 0.371 e. The molecular weight excluding hydrogens is 464 g/mol. The van der Waals surface area contributed by atoms with E-state index in [9.17, 15) is 14.4 Å². The summed E-state index contributed by atoms with van der Waals surface area (Å²) >= 11 is 6.59. The van der Waals surface area contributed by atoms with Gasteiger partial charge in [0.15, 0.2) is 0 Å². The van der Waals surface area contributed by atoms with Crippen LogP contribution in [0, 0.1) is 0 Å². The number of likely N-dealkylation sites (tertiary alicyclic amines) is 1. The second-order valence-electron chi connectivity index (χ2n) is 9.57. The smallest absolute Gasteiger partial charge is 0.260 e. The van der Waals surface area contributed by atoms with Gasteiger partial charge in [-0.25, -0.2) is 0 Å². The number of hydrogen-bond donors (Lipinski definition) is 0. The van der Waals surface area contributed by atoms with Crippen molar-refractivity contribution in [3.05, 3.63) is 58.6 Å². The second-order valence-corrected chi connectivity index (χ2v) is 9.98. The molecule has 2 saturated heterocycles. The number of anilines is 2. The minimum atomic E-state index is -0.312. The molecule has 0 saturated carbocycles. The van der Waals surface area contributed by atoms with Crippen LogP contribution in [0.4, 0.5) is 11.4 Å². The molecule has 0 spiro atoms. The van der Waals surface area contributed by atoms with Crippen molar-refractivity contribution in [3.63, 3.8) is 0 Å². The summed E-state index contributed by atoms with van der Waals surface area (Å²) in [6.07, 6.45) is 5.45. The van der Waals surface area contributed by atoms with Gasteiger partial charge in [-0.1, -0.05) is 29.8 Å². The SMILES string of the molecule is O=C(CN1Cc2ccccc2N(C(=O)c2ccc(N3CCCC3)cc2Cl)CC1=O)N1CCCCC1. The molecule has 0 radical (unpaired) electrons. The van der Waals surface area contributed by atoms with Crippen LogP contribution in [-0.2, 0) is 16.1 Å². The van der Waals surface area contributed by atoms with Gasteiger partial charge in [-0.3, -0.25) is 19.3 Å². The fraction of sp³-hybridized carbons (Fsp3) is 0.444. The van der Waals surface area contributed by atoms with E-state index in [4.69, 9.17) is 11.6 Å². The third kappa shape index (κ3) is 5.01. The Kier molecular flexibility index (Phi) is 6.95. The predicted octanol–water partition coefficient (Wildman–Crippen LogP) is 3.94. The lowest BCUT2D eigenvalue weighted by atomic mass is 10.1. The van der Waals surface area contributed by atoms with Gasteiger partial charge >= 0.3 is 0 Å². The first kappa shape index (κ1) is 23.7. The summed E-state index contributed by atoms with van der Waals surface area (Å²) in [4.78, 5) is 47.0. The Hall–Kier alpha value is -3.06. The number of benzene rings is 2. The Bertz CT molecular complexity index is 1130. The van der Waals surface area contributed by atoms with Crippen LogP contribution in [0.5, 0.6) is 0 Å². The number of rotatable bonds is 4. The number of amides is 3. The number of piperidine rings is 1. The fourth-order valence-corrected chi connectivity index (χ4v) is 5.50. The molecule has 3 heterocycles. The van der Waals surface area contributed by atoms with E-state index < -0.39 is 0 Å². The highest BCUT2D eigenvalue weighted by Gasteiger charge is 2.32. The molecule has 0 atom stereocenters. The Morgan fingerprint density at radius 3 is 2.31 bits per heavy atom. The van der Waals surface area contributed by atoms with E-state index in [2.05, 4.69) is 4.90 Å². The van der Waals surface area contributed by atoms with Gasteiger partial charge in [0.2, 0.25) is 11.8 Å². The van der Waals surface area contributed by atoms with E-state index >= 15 is 0 Å². The van der Waals surface area contributed by atoms with Gasteiger partial charge in [0, 0.05) is 44.1 Å². The van der Waals surface area contributed by atoms with Crippen molar-refractivity contribution < 1.29 is 14.4 Å². The maximum Gasteiger partial charge on any atom is 0.260 e. The molecular formula is C27H31ClN4O3. The Morgan fingerprint density at radius 2 is 1.57 bits per heavy atom. The first-order valence-corrected chi connectivity index (χ1v) is 12.9. The topological polar surface area (TPSA) is 64.2 Å². The highest BCUT2D eigenvalue weighted by atomic mass is 35.5. The number of fused-ring (bicyclic) bond motifs is 1. The standard InChI is InChI=1S/C27H31ClN4O3/c28-23-16-21(29-12-6-7-13-29)10-11-22(23)27(35)32-19-26(34)31(17-20-8-2-3-9-24(20)32)18-25(33)30-14-4-1-5-15-30/h2-3,8-11,16H,1,4-7,12-15,17-19H2. The number of nitrogens with zero attached hydrogens (tertiary/aromatic N) is 4. The molecule has 5 rings (SSSR count). The van der Waals surface area contributed by atoms with Crippen LogP contribution in [0.1, 0.15) is 48.0 Å². The monoisotopic (exact) mass is 494 g/mol. The van der Waals surface area contributed by atoms with Crippen LogP contribution in [0.15, 0.2) is 42.5 Å². The van der Waals surface area contributed by atoms with E-state index in [1.165, 1.54) is 4.90 Å². The molecule has 2 aromatic rings. The van der Waals surface area contributed by atoms with E-state index in [1.54, 1.807) is 11.0 Å². The highest BCUT2D eigenvalue weighted by Crippen LogP contribution is 2.31. The van der Waals surface area contributed by atoms with Crippen molar-refractivity contribution >= 4 is 40.7 Å². The summed E-state index contributed by atoms with van der Waals surface area (Å²) in [7, 11) is 0. The van der Waals surface area contributed by atoms with Crippen molar-refractivity contribution in [2.24, 2.45) is 0 Å². The van der Waals surface area contributed by atoms with Crippen molar-refractivity contribution in [3.8, 4) is 0 Å². The summed E-state index contributed by atoms with van der Waals surface area (Å²) in [6, 6.07) is 13.0. The maximum absolute atomic E-state index is 13.7. The van der Waals surface area contributed by atoms with E-state index in [0.717, 1.165) is 69.5 Å². The van der Waals surface area contributed by atoms with Crippen molar-refractivity contribution in [2.75, 3.05) is 49.1 Å². The minimum absolute atomic E-state index is 0.0283. The lowest BCUT2D eigenvalue weighted by Crippen LogP contribution is -2.46. The number of carbonyl (C=O) groups excluding carboxylic acids is 3. The molecule has 3 aliphatic rings. The van der Waals surface area contributed by atoms with Gasteiger partial charge in [-0.05, 0) is 61.9 Å². The normalized spacial score (nSPS) is 18.5. The van der Waals surface area contributed by atoms with Crippen LogP contribution in [0.2, 0.25) is 5.02 Å². The molecule has 0 bridgehead atoms. The van der Waals surface area contributed by atoms with E-state index in [-0.39, 0.29) is 30.8 Å². The number of para-hydroxylation sites is 1. The summed E-state index contributed by atoms with van der Waals surface area (Å²) in [5, 5.41) is 0.380. The molecule has 0 unspecified atom stereocenters. The third-order valence-corrected chi connectivity index (χ3v) is 7.54. The zero-order valence-electron chi connectivity index (χ0n) is 19.9. The average Bonchev–Trinajstić information content (AvgIpc) is 3.38. The minimum Gasteiger partial charge on any atom is -0.371 e. The molecule has 3 amide bonds. The Balaban J connectivity index is 1.38. The lowest BCUT2D eigenvalue weighted by Gasteiger charge is -2.29. The third-order valence-electron chi connectivity index (χ3n) is 7.22. The molecule has 3 aliphatic heterocycles. The van der Waals surface area contributed by atoms with E-state index in [1.807, 2.05) is 41.3 Å². The Labute approximate surface area is 211 Å². The van der Waals surface area contributed by atoms with Crippen LogP contribution in [0.3, 0.4) is 0 Å². The molecule has 7 nitrogen and oxygen atoms in total. The molecule has 2 fully saturated rings. The van der Waals surface area contributed by atoms with Gasteiger partial charge in [-0.2, -0.15) is 0 Å². The van der Waals surface area contributed by atoms with Crippen molar-refractivity contribution in [2.45, 2.75) is 38.6 Å². The van der Waals surface area contributed by atoms with Gasteiger partial charge in [-0.15, -0.1) is 0 Å². The van der Waals surface area contributed by atoms with Crippen molar-refractivity contribution in [1.82, 2.24) is 9.80 Å². The fourth-order valence-electron chi connectivity index (χ4n) is 5.25. The molecule has 0 aromatic heterocycles. The first-order chi connectivity index (χ1) is 17.0. The van der Waals surface area contributed by atoms with Crippen LogP contribution < -0.4 is 9.80 Å². The molecule has 8 heteroatoms. The van der Waals surface area contributed by atoms with Crippen molar-refractivity contribution in [1.29, 1.82) is 0 Å². The molecule has 0 N–H and O–H groups in total. The summed E-state index contributed by atoms with van der Waals surface area (Å²) in [5.74, 6) is -0.589. The molecule has 0 aliphatic carbocycles. The average molecular weight is 495 g/mol. The number of carbonyl (C=O) groups is 3. The van der Waals surface area contributed by atoms with Gasteiger partial charge in [0.1, 0.15) is 13.1 Å². The van der Waals surface area contributed by atoms with Crippen LogP contribution in [0.25, 0.3) is 0 Å². The zero-order valence-corrected chi connectivity index (χ0v) is 20.7. The highest BCUT2D eigenvalue weighted by molar-refractivity contribution is 6.35. The van der Waals surface area contributed by atoms with Gasteiger partial charge in [0.25, 0.3) is 5.91 Å². The molecule has 35 heavy (non-hydrogen) atoms. The molecule has 184 valence electrons. The van der Waals surface area contributed by atoms with Crippen LogP contribution in [-0.4, -0.2) is 66.8 Å².